The minimum atomic E-state index is -0.169. The lowest BCUT2D eigenvalue weighted by atomic mass is 9.84. The molecule has 1 aromatic rings. The van der Waals surface area contributed by atoms with E-state index in [4.69, 9.17) is 27.9 Å². The molecule has 0 aromatic heterocycles. The third-order valence-corrected chi connectivity index (χ3v) is 4.91. The zero-order chi connectivity index (χ0) is 15.9. The van der Waals surface area contributed by atoms with E-state index in [1.807, 2.05) is 18.2 Å². The van der Waals surface area contributed by atoms with Crippen LogP contribution >= 0.6 is 23.2 Å². The second-order valence-electron chi connectivity index (χ2n) is 5.42. The molecule has 1 aromatic carbocycles. The summed E-state index contributed by atoms with van der Waals surface area (Å²) in [4.78, 5) is 0. The zero-order valence-electron chi connectivity index (χ0n) is 13.5. The molecule has 0 heterocycles. The second-order valence-corrected chi connectivity index (χ2v) is 6.27. The van der Waals surface area contributed by atoms with Crippen molar-refractivity contribution >= 4 is 23.2 Å². The number of methoxy groups -OCH3 is 1. The molecule has 120 valence electrons. The molecule has 0 fully saturated rings. The molecular formula is C17H27Cl2NO. The van der Waals surface area contributed by atoms with Crippen molar-refractivity contribution in [2.75, 3.05) is 13.7 Å². The lowest BCUT2D eigenvalue weighted by molar-refractivity contribution is -0.0471. The van der Waals surface area contributed by atoms with Crippen LogP contribution in [0.15, 0.2) is 18.2 Å². The second kappa shape index (κ2) is 8.99. The van der Waals surface area contributed by atoms with Crippen molar-refractivity contribution in [2.45, 2.75) is 58.1 Å². The molecule has 2 nitrogen and oxygen atoms in total. The van der Waals surface area contributed by atoms with Crippen molar-refractivity contribution in [2.24, 2.45) is 0 Å². The Morgan fingerprint density at radius 3 is 2.33 bits per heavy atom. The Morgan fingerprint density at radius 2 is 1.86 bits per heavy atom. The van der Waals surface area contributed by atoms with E-state index in [9.17, 15) is 0 Å². The number of benzene rings is 1. The Bertz CT molecular complexity index is 425. The summed E-state index contributed by atoms with van der Waals surface area (Å²) in [6, 6.07) is 5.95. The SMILES string of the molecule is CCCNC(Cc1ccc(Cl)cc1Cl)C(CC)(CC)OC. The van der Waals surface area contributed by atoms with Gasteiger partial charge in [0.05, 0.1) is 5.60 Å². The van der Waals surface area contributed by atoms with E-state index in [1.165, 1.54) is 0 Å². The highest BCUT2D eigenvalue weighted by Gasteiger charge is 2.35. The molecule has 1 atom stereocenters. The third-order valence-electron chi connectivity index (χ3n) is 4.32. The van der Waals surface area contributed by atoms with Crippen LogP contribution in [-0.2, 0) is 11.2 Å². The molecule has 0 aliphatic rings. The van der Waals surface area contributed by atoms with Crippen molar-refractivity contribution in [1.82, 2.24) is 5.32 Å². The first-order valence-corrected chi connectivity index (χ1v) is 8.51. The van der Waals surface area contributed by atoms with Gasteiger partial charge in [0.1, 0.15) is 0 Å². The van der Waals surface area contributed by atoms with Crippen molar-refractivity contribution in [1.29, 1.82) is 0 Å². The predicted octanol–water partition coefficient (Wildman–Crippen LogP) is 5.11. The molecule has 0 radical (unpaired) electrons. The molecule has 1 N–H and O–H groups in total. The first-order valence-electron chi connectivity index (χ1n) is 7.75. The van der Waals surface area contributed by atoms with Gasteiger partial charge in [0.25, 0.3) is 0 Å². The van der Waals surface area contributed by atoms with Crippen LogP contribution in [0.1, 0.15) is 45.6 Å². The van der Waals surface area contributed by atoms with Gasteiger partial charge in [-0.3, -0.25) is 0 Å². The van der Waals surface area contributed by atoms with Crippen LogP contribution in [0.5, 0.6) is 0 Å². The van der Waals surface area contributed by atoms with Crippen LogP contribution in [0.4, 0.5) is 0 Å². The first-order chi connectivity index (χ1) is 10.0. The van der Waals surface area contributed by atoms with Gasteiger partial charge >= 0.3 is 0 Å². The van der Waals surface area contributed by atoms with Gasteiger partial charge in [-0.25, -0.2) is 0 Å². The van der Waals surface area contributed by atoms with E-state index in [-0.39, 0.29) is 11.6 Å². The maximum absolute atomic E-state index is 6.33. The molecule has 0 bridgehead atoms. The lowest BCUT2D eigenvalue weighted by Gasteiger charge is -2.39. The van der Waals surface area contributed by atoms with Gasteiger partial charge in [0.2, 0.25) is 0 Å². The molecular weight excluding hydrogens is 305 g/mol. The van der Waals surface area contributed by atoms with Crippen molar-refractivity contribution in [3.8, 4) is 0 Å². The minimum absolute atomic E-state index is 0.169. The van der Waals surface area contributed by atoms with Gasteiger partial charge in [0, 0.05) is 23.2 Å². The van der Waals surface area contributed by atoms with Crippen molar-refractivity contribution in [3.63, 3.8) is 0 Å². The fraction of sp³-hybridized carbons (Fsp3) is 0.647. The van der Waals surface area contributed by atoms with Crippen molar-refractivity contribution < 1.29 is 4.74 Å². The predicted molar refractivity (Wildman–Crippen MR) is 92.6 cm³/mol. The highest BCUT2D eigenvalue weighted by Crippen LogP contribution is 2.29. The average Bonchev–Trinajstić information content (AvgIpc) is 2.49. The fourth-order valence-electron chi connectivity index (χ4n) is 2.84. The van der Waals surface area contributed by atoms with Crippen LogP contribution < -0.4 is 5.32 Å². The molecule has 0 spiro atoms. The Labute approximate surface area is 139 Å². The molecule has 0 amide bonds. The van der Waals surface area contributed by atoms with Crippen molar-refractivity contribution in [3.05, 3.63) is 33.8 Å². The van der Waals surface area contributed by atoms with Crippen LogP contribution in [0.2, 0.25) is 10.0 Å². The van der Waals surface area contributed by atoms with Crippen LogP contribution in [0, 0.1) is 0 Å². The molecule has 4 heteroatoms. The fourth-order valence-corrected chi connectivity index (χ4v) is 3.33. The molecule has 0 aliphatic heterocycles. The normalized spacial score (nSPS) is 13.4. The average molecular weight is 332 g/mol. The number of nitrogens with one attached hydrogen (secondary N) is 1. The maximum atomic E-state index is 6.33. The number of hydrogen-bond donors (Lipinski definition) is 1. The number of halogens is 2. The van der Waals surface area contributed by atoms with E-state index >= 15 is 0 Å². The van der Waals surface area contributed by atoms with Gasteiger partial charge in [-0.05, 0) is 49.9 Å². The molecule has 1 unspecified atom stereocenters. The highest BCUT2D eigenvalue weighted by molar-refractivity contribution is 6.35. The van der Waals surface area contributed by atoms with Gasteiger partial charge in [-0.15, -0.1) is 0 Å². The third kappa shape index (κ3) is 4.85. The molecule has 21 heavy (non-hydrogen) atoms. The summed E-state index contributed by atoms with van der Waals surface area (Å²) in [7, 11) is 1.80. The molecule has 0 saturated carbocycles. The van der Waals surface area contributed by atoms with Crippen LogP contribution in [-0.4, -0.2) is 25.3 Å². The van der Waals surface area contributed by atoms with Gasteiger partial charge in [-0.2, -0.15) is 0 Å². The summed E-state index contributed by atoms with van der Waals surface area (Å²) in [5.41, 5.74) is 0.941. The Morgan fingerprint density at radius 1 is 1.19 bits per heavy atom. The summed E-state index contributed by atoms with van der Waals surface area (Å²) in [6.07, 6.45) is 3.86. The zero-order valence-corrected chi connectivity index (χ0v) is 15.0. The summed E-state index contributed by atoms with van der Waals surface area (Å²) in [5, 5.41) is 5.03. The number of ether oxygens (including phenoxy) is 1. The van der Waals surface area contributed by atoms with E-state index < -0.39 is 0 Å². The maximum Gasteiger partial charge on any atom is 0.0828 e. The smallest absolute Gasteiger partial charge is 0.0828 e. The molecule has 0 aliphatic carbocycles. The summed E-state index contributed by atoms with van der Waals surface area (Å²) < 4.78 is 5.90. The summed E-state index contributed by atoms with van der Waals surface area (Å²) >= 11 is 12.3. The largest absolute Gasteiger partial charge is 0.377 e. The van der Waals surface area contributed by atoms with E-state index in [2.05, 4.69) is 26.1 Å². The van der Waals surface area contributed by atoms with Crippen LogP contribution in [0.25, 0.3) is 0 Å². The topological polar surface area (TPSA) is 21.3 Å². The standard InChI is InChI=1S/C17H27Cl2NO/c1-5-10-20-16(17(6-2,7-3)21-4)11-13-8-9-14(18)12-15(13)19/h8-9,12,16,20H,5-7,10-11H2,1-4H3. The number of rotatable bonds is 9. The molecule has 1 rings (SSSR count). The first kappa shape index (κ1) is 18.8. The van der Waals surface area contributed by atoms with E-state index in [0.717, 1.165) is 42.8 Å². The van der Waals surface area contributed by atoms with Crippen LogP contribution in [0.3, 0.4) is 0 Å². The molecule has 0 saturated heterocycles. The van der Waals surface area contributed by atoms with E-state index in [1.54, 1.807) is 7.11 Å². The van der Waals surface area contributed by atoms with E-state index in [0.29, 0.717) is 5.02 Å². The summed E-state index contributed by atoms with van der Waals surface area (Å²) in [5.74, 6) is 0. The highest BCUT2D eigenvalue weighted by atomic mass is 35.5. The monoisotopic (exact) mass is 331 g/mol. The Kier molecular flexibility index (Phi) is 8.04. The minimum Gasteiger partial charge on any atom is -0.377 e. The van der Waals surface area contributed by atoms with Gasteiger partial charge < -0.3 is 10.1 Å². The number of hydrogen-bond acceptors (Lipinski definition) is 2. The lowest BCUT2D eigenvalue weighted by Crippen LogP contribution is -2.53. The van der Waals surface area contributed by atoms with Gasteiger partial charge in [-0.1, -0.05) is 50.0 Å². The quantitative estimate of drug-likeness (QED) is 0.678. The Balaban J connectivity index is 3.01. The summed E-state index contributed by atoms with van der Waals surface area (Å²) in [6.45, 7) is 7.50. The Hall–Kier alpha value is -0.280. The van der Waals surface area contributed by atoms with Gasteiger partial charge in [0.15, 0.2) is 0 Å².